The lowest BCUT2D eigenvalue weighted by atomic mass is 9.95. The summed E-state index contributed by atoms with van der Waals surface area (Å²) >= 11 is 11.9. The van der Waals surface area contributed by atoms with E-state index in [2.05, 4.69) is 0 Å². The number of aliphatic hydroxyl groups excluding tert-OH is 1. The molecule has 0 aromatic heterocycles. The molecule has 90 valence electrons. The maximum Gasteiger partial charge on any atom is 0.0831 e. The third-order valence-corrected chi connectivity index (χ3v) is 3.17. The lowest BCUT2D eigenvalue weighted by Crippen LogP contribution is -2.12. The van der Waals surface area contributed by atoms with E-state index in [0.717, 1.165) is 6.42 Å². The second kappa shape index (κ2) is 6.45. The molecule has 0 fully saturated rings. The fraction of sp³-hybridized carbons (Fsp3) is 0.500. The van der Waals surface area contributed by atoms with Gasteiger partial charge in [0.2, 0.25) is 0 Å². The topological polar surface area (TPSA) is 29.5 Å². The number of hydrogen-bond acceptors (Lipinski definition) is 2. The van der Waals surface area contributed by atoms with Crippen LogP contribution in [-0.4, -0.2) is 18.8 Å². The van der Waals surface area contributed by atoms with Crippen LogP contribution in [0.4, 0.5) is 0 Å². The molecule has 2 atom stereocenters. The fourth-order valence-electron chi connectivity index (χ4n) is 1.51. The monoisotopic (exact) mass is 262 g/mol. The van der Waals surface area contributed by atoms with Gasteiger partial charge in [-0.1, -0.05) is 30.1 Å². The minimum atomic E-state index is -0.610. The molecular weight excluding hydrogens is 247 g/mol. The van der Waals surface area contributed by atoms with Crippen LogP contribution >= 0.6 is 23.2 Å². The molecule has 0 aliphatic heterocycles. The highest BCUT2D eigenvalue weighted by molar-refractivity contribution is 6.33. The van der Waals surface area contributed by atoms with Gasteiger partial charge >= 0.3 is 0 Å². The van der Waals surface area contributed by atoms with E-state index in [1.165, 1.54) is 0 Å². The highest BCUT2D eigenvalue weighted by Crippen LogP contribution is 2.31. The SMILES string of the molecule is COCCC(C)C(O)c1cc(Cl)ccc1Cl. The molecule has 0 aliphatic rings. The fourth-order valence-corrected chi connectivity index (χ4v) is 1.92. The van der Waals surface area contributed by atoms with E-state index in [0.29, 0.717) is 22.2 Å². The quantitative estimate of drug-likeness (QED) is 0.877. The van der Waals surface area contributed by atoms with E-state index in [9.17, 15) is 5.11 Å². The molecule has 1 N–H and O–H groups in total. The molecular formula is C12H16Cl2O2. The zero-order valence-corrected chi connectivity index (χ0v) is 10.9. The Hall–Kier alpha value is -0.280. The van der Waals surface area contributed by atoms with Gasteiger partial charge in [0.15, 0.2) is 0 Å². The van der Waals surface area contributed by atoms with Gasteiger partial charge in [0.25, 0.3) is 0 Å². The third kappa shape index (κ3) is 3.63. The smallest absolute Gasteiger partial charge is 0.0831 e. The van der Waals surface area contributed by atoms with Crippen LogP contribution in [0.1, 0.15) is 25.0 Å². The number of methoxy groups -OCH3 is 1. The molecule has 2 nitrogen and oxygen atoms in total. The summed E-state index contributed by atoms with van der Waals surface area (Å²) in [5, 5.41) is 11.2. The van der Waals surface area contributed by atoms with Crippen molar-refractivity contribution in [3.05, 3.63) is 33.8 Å². The summed E-state index contributed by atoms with van der Waals surface area (Å²) in [4.78, 5) is 0. The highest BCUT2D eigenvalue weighted by atomic mass is 35.5. The Morgan fingerprint density at radius 2 is 2.06 bits per heavy atom. The molecule has 1 aromatic carbocycles. The van der Waals surface area contributed by atoms with Crippen molar-refractivity contribution >= 4 is 23.2 Å². The Morgan fingerprint density at radius 1 is 1.38 bits per heavy atom. The predicted molar refractivity (Wildman–Crippen MR) is 67.1 cm³/mol. The van der Waals surface area contributed by atoms with Crippen molar-refractivity contribution in [1.82, 2.24) is 0 Å². The van der Waals surface area contributed by atoms with Gasteiger partial charge in [-0.05, 0) is 30.5 Å². The Labute approximate surface area is 106 Å². The third-order valence-electron chi connectivity index (χ3n) is 2.59. The first kappa shape index (κ1) is 13.8. The second-order valence-corrected chi connectivity index (χ2v) is 4.71. The Morgan fingerprint density at radius 3 is 2.69 bits per heavy atom. The summed E-state index contributed by atoms with van der Waals surface area (Å²) < 4.78 is 4.98. The Bertz CT molecular complexity index is 342. The van der Waals surface area contributed by atoms with E-state index in [1.807, 2.05) is 6.92 Å². The van der Waals surface area contributed by atoms with Crippen LogP contribution in [-0.2, 0) is 4.74 Å². The van der Waals surface area contributed by atoms with Crippen LogP contribution < -0.4 is 0 Å². The Balaban J connectivity index is 2.78. The van der Waals surface area contributed by atoms with Crippen LogP contribution in [0.2, 0.25) is 10.0 Å². The van der Waals surface area contributed by atoms with Crippen molar-refractivity contribution in [2.75, 3.05) is 13.7 Å². The first-order chi connectivity index (χ1) is 7.56. The average Bonchev–Trinajstić information content (AvgIpc) is 2.28. The van der Waals surface area contributed by atoms with Crippen LogP contribution in [0.25, 0.3) is 0 Å². The molecule has 16 heavy (non-hydrogen) atoms. The van der Waals surface area contributed by atoms with E-state index in [4.69, 9.17) is 27.9 Å². The first-order valence-corrected chi connectivity index (χ1v) is 5.93. The number of halogens is 2. The molecule has 0 bridgehead atoms. The summed E-state index contributed by atoms with van der Waals surface area (Å²) in [6.45, 7) is 2.58. The van der Waals surface area contributed by atoms with Crippen molar-refractivity contribution in [3.8, 4) is 0 Å². The molecule has 0 saturated carbocycles. The van der Waals surface area contributed by atoms with Crippen molar-refractivity contribution in [2.45, 2.75) is 19.4 Å². The lowest BCUT2D eigenvalue weighted by molar-refractivity contribution is 0.0887. The normalized spacial score (nSPS) is 14.8. The van der Waals surface area contributed by atoms with Crippen LogP contribution in [0.3, 0.4) is 0 Å². The zero-order chi connectivity index (χ0) is 12.1. The minimum absolute atomic E-state index is 0.0796. The average molecular weight is 263 g/mol. The van der Waals surface area contributed by atoms with E-state index >= 15 is 0 Å². The van der Waals surface area contributed by atoms with Gasteiger partial charge in [-0.3, -0.25) is 0 Å². The molecule has 0 saturated heterocycles. The largest absolute Gasteiger partial charge is 0.388 e. The van der Waals surface area contributed by atoms with E-state index < -0.39 is 6.10 Å². The molecule has 1 rings (SSSR count). The lowest BCUT2D eigenvalue weighted by Gasteiger charge is -2.20. The summed E-state index contributed by atoms with van der Waals surface area (Å²) in [5.74, 6) is 0.0796. The van der Waals surface area contributed by atoms with Gasteiger partial charge in [-0.25, -0.2) is 0 Å². The maximum atomic E-state index is 10.1. The maximum absolute atomic E-state index is 10.1. The van der Waals surface area contributed by atoms with Crippen LogP contribution in [0, 0.1) is 5.92 Å². The Kier molecular flexibility index (Phi) is 5.56. The van der Waals surface area contributed by atoms with Gasteiger partial charge in [0, 0.05) is 29.3 Å². The molecule has 0 heterocycles. The van der Waals surface area contributed by atoms with E-state index in [-0.39, 0.29) is 5.92 Å². The minimum Gasteiger partial charge on any atom is -0.388 e. The summed E-state index contributed by atoms with van der Waals surface area (Å²) in [5.41, 5.74) is 0.678. The molecule has 4 heteroatoms. The number of hydrogen-bond donors (Lipinski definition) is 1. The number of ether oxygens (including phenoxy) is 1. The number of aliphatic hydroxyl groups is 1. The molecule has 0 aliphatic carbocycles. The second-order valence-electron chi connectivity index (χ2n) is 3.87. The molecule has 0 spiro atoms. The predicted octanol–water partition coefficient (Wildman–Crippen LogP) is 3.70. The zero-order valence-electron chi connectivity index (χ0n) is 9.41. The summed E-state index contributed by atoms with van der Waals surface area (Å²) in [6.07, 6.45) is 0.168. The molecule has 0 radical (unpaired) electrons. The van der Waals surface area contributed by atoms with Gasteiger partial charge in [-0.2, -0.15) is 0 Å². The van der Waals surface area contributed by atoms with Crippen molar-refractivity contribution in [2.24, 2.45) is 5.92 Å². The standard InChI is InChI=1S/C12H16Cl2O2/c1-8(5-6-16-2)12(15)10-7-9(13)3-4-11(10)14/h3-4,7-8,12,15H,5-6H2,1-2H3. The molecule has 2 unspecified atom stereocenters. The van der Waals surface area contributed by atoms with Crippen LogP contribution in [0.5, 0.6) is 0 Å². The van der Waals surface area contributed by atoms with Gasteiger partial charge < -0.3 is 9.84 Å². The van der Waals surface area contributed by atoms with E-state index in [1.54, 1.807) is 25.3 Å². The number of benzene rings is 1. The van der Waals surface area contributed by atoms with Crippen molar-refractivity contribution < 1.29 is 9.84 Å². The van der Waals surface area contributed by atoms with Gasteiger partial charge in [0.05, 0.1) is 6.10 Å². The van der Waals surface area contributed by atoms with Crippen LogP contribution in [0.15, 0.2) is 18.2 Å². The van der Waals surface area contributed by atoms with Gasteiger partial charge in [-0.15, -0.1) is 0 Å². The molecule has 0 amide bonds. The van der Waals surface area contributed by atoms with Crippen molar-refractivity contribution in [1.29, 1.82) is 0 Å². The highest BCUT2D eigenvalue weighted by Gasteiger charge is 2.19. The van der Waals surface area contributed by atoms with Crippen molar-refractivity contribution in [3.63, 3.8) is 0 Å². The summed E-state index contributed by atoms with van der Waals surface area (Å²) in [7, 11) is 1.64. The molecule has 1 aromatic rings. The van der Waals surface area contributed by atoms with Gasteiger partial charge in [0.1, 0.15) is 0 Å². The number of rotatable bonds is 5. The summed E-state index contributed by atoms with van der Waals surface area (Å²) in [6, 6.07) is 5.11. The first-order valence-electron chi connectivity index (χ1n) is 5.18.